The van der Waals surface area contributed by atoms with Crippen LogP contribution in [0, 0.1) is 0 Å². The molecule has 0 spiro atoms. The van der Waals surface area contributed by atoms with Crippen LogP contribution in [0.2, 0.25) is 0 Å². The van der Waals surface area contributed by atoms with E-state index in [1.807, 2.05) is 62.2 Å². The fourth-order valence-electron chi connectivity index (χ4n) is 7.09. The summed E-state index contributed by atoms with van der Waals surface area (Å²) in [5.74, 6) is 0.923. The average Bonchev–Trinajstić information content (AvgIpc) is 4.02. The number of carbonyl (C=O) groups is 4. The molecule has 0 saturated carbocycles. The number of imidazole rings is 2. The van der Waals surface area contributed by atoms with Gasteiger partial charge in [0.2, 0.25) is 0 Å². The molecule has 2 aliphatic heterocycles. The maximum Gasteiger partial charge on any atom is 0.407 e. The van der Waals surface area contributed by atoms with Crippen molar-refractivity contribution in [1.29, 1.82) is 0 Å². The Morgan fingerprint density at radius 1 is 0.667 bits per heavy atom. The minimum absolute atomic E-state index is 0.217. The first kappa shape index (κ1) is 38.0. The predicted octanol–water partition coefficient (Wildman–Crippen LogP) is 4.64. The van der Waals surface area contributed by atoms with E-state index in [2.05, 4.69) is 54.8 Å². The van der Waals surface area contributed by atoms with Crippen LogP contribution < -0.4 is 10.6 Å². The highest BCUT2D eigenvalue weighted by Crippen LogP contribution is 2.34. The number of H-pyrrole nitrogens is 2. The third kappa shape index (κ3) is 7.79. The van der Waals surface area contributed by atoms with Crippen molar-refractivity contribution in [3.8, 4) is 33.6 Å². The van der Waals surface area contributed by atoms with Gasteiger partial charge in [-0.05, 0) is 47.9 Å². The van der Waals surface area contributed by atoms with Crippen LogP contribution in [0.1, 0.15) is 63.3 Å². The number of hydrogen-bond donors (Lipinski definition) is 4. The van der Waals surface area contributed by atoms with Crippen LogP contribution in [0.25, 0.3) is 33.6 Å². The number of nitrogens with zero attached hydrogens (tertiary/aromatic N) is 6. The average molecular weight is 741 g/mol. The van der Waals surface area contributed by atoms with E-state index in [1.165, 1.54) is 14.2 Å². The van der Waals surface area contributed by atoms with Crippen LogP contribution in [-0.4, -0.2) is 117 Å². The summed E-state index contributed by atoms with van der Waals surface area (Å²) in [7, 11) is 6.26. The molecular weight excluding hydrogens is 692 g/mol. The number of hydrogen-bond acceptors (Lipinski definition) is 10. The fraction of sp³-hybridized carbons (Fsp3) is 0.421. The predicted molar refractivity (Wildman–Crippen MR) is 200 cm³/mol. The molecule has 2 fully saturated rings. The molecule has 54 heavy (non-hydrogen) atoms. The first-order chi connectivity index (χ1) is 26.1. The van der Waals surface area contributed by atoms with Gasteiger partial charge in [-0.2, -0.15) is 0 Å². The Labute approximate surface area is 314 Å². The molecule has 0 aliphatic carbocycles. The van der Waals surface area contributed by atoms with Gasteiger partial charge in [0.1, 0.15) is 35.8 Å². The second-order valence-corrected chi connectivity index (χ2v) is 13.4. The van der Waals surface area contributed by atoms with Crippen molar-refractivity contribution in [2.45, 2.75) is 63.7 Å². The van der Waals surface area contributed by atoms with Crippen molar-refractivity contribution in [1.82, 2.24) is 50.6 Å². The number of methoxy groups -OCH3 is 2. The van der Waals surface area contributed by atoms with Crippen LogP contribution >= 0.6 is 0 Å². The third-order valence-electron chi connectivity index (χ3n) is 10.1. The second-order valence-electron chi connectivity index (χ2n) is 13.4. The summed E-state index contributed by atoms with van der Waals surface area (Å²) in [6.07, 6.45) is 4.52. The van der Waals surface area contributed by atoms with Crippen molar-refractivity contribution in [3.05, 3.63) is 72.6 Å². The normalized spacial score (nSPS) is 18.7. The summed E-state index contributed by atoms with van der Waals surface area (Å²) in [6.45, 7) is 5.03. The molecule has 0 unspecified atom stereocenters. The molecule has 4 amide bonds. The molecule has 0 bridgehead atoms. The third-order valence-corrected chi connectivity index (χ3v) is 10.1. The van der Waals surface area contributed by atoms with Gasteiger partial charge in [0.05, 0.1) is 38.0 Å². The first-order valence-corrected chi connectivity index (χ1v) is 18.1. The number of alkyl carbamates (subject to hydrolysis) is 2. The highest BCUT2D eigenvalue weighted by atomic mass is 16.5. The molecule has 2 aromatic heterocycles. The number of rotatable bonds is 11. The van der Waals surface area contributed by atoms with E-state index in [1.54, 1.807) is 22.4 Å². The number of aromatic amines is 2. The van der Waals surface area contributed by atoms with Crippen molar-refractivity contribution >= 4 is 24.0 Å². The maximum atomic E-state index is 13.5. The highest BCUT2D eigenvalue weighted by molar-refractivity contribution is 5.86. The molecule has 4 aromatic rings. The van der Waals surface area contributed by atoms with Crippen LogP contribution in [0.5, 0.6) is 0 Å². The zero-order valence-corrected chi connectivity index (χ0v) is 31.5. The Morgan fingerprint density at radius 2 is 1.02 bits per heavy atom. The Bertz CT molecular complexity index is 1800. The van der Waals surface area contributed by atoms with Crippen LogP contribution in [-0.2, 0) is 19.1 Å². The summed E-state index contributed by atoms with van der Waals surface area (Å²) in [5.41, 5.74) is 5.67. The molecule has 4 N–H and O–H groups in total. The number of nitrogens with one attached hydrogen (secondary N) is 4. The summed E-state index contributed by atoms with van der Waals surface area (Å²) in [4.78, 5) is 66.8. The van der Waals surface area contributed by atoms with Gasteiger partial charge in [0, 0.05) is 27.2 Å². The standard InChI is InChI=1S/C38H48N10O6/c1-7-27(43-37(51)53-5)35(49)47-31(17-19-45(47)3)33-39-21-29(41-33)25-13-9-23(10-14-25)24-11-15-26(16-12-24)30-22-40-34(42-30)32-18-20-46(4)48(32)36(50)28(8-2)44-38(52)54-6/h9-16,21-22,27-28,31-32H,7-8,17-20H2,1-6H3,(H,39,41)(H,40,42)(H,43,51)(H,44,52)/t27-,28-,31-,32-/m0/s1. The van der Waals surface area contributed by atoms with Gasteiger partial charge in [0.25, 0.3) is 11.8 Å². The highest BCUT2D eigenvalue weighted by Gasteiger charge is 2.40. The number of benzene rings is 2. The smallest absolute Gasteiger partial charge is 0.407 e. The second kappa shape index (κ2) is 16.5. The zero-order valence-electron chi connectivity index (χ0n) is 31.5. The van der Waals surface area contributed by atoms with Gasteiger partial charge in [-0.1, -0.05) is 62.4 Å². The van der Waals surface area contributed by atoms with Gasteiger partial charge >= 0.3 is 12.2 Å². The minimum Gasteiger partial charge on any atom is -0.453 e. The van der Waals surface area contributed by atoms with Crippen molar-refractivity contribution in [3.63, 3.8) is 0 Å². The molecule has 4 atom stereocenters. The molecule has 2 aromatic carbocycles. The monoisotopic (exact) mass is 740 g/mol. The molecule has 2 saturated heterocycles. The van der Waals surface area contributed by atoms with Crippen LogP contribution in [0.15, 0.2) is 60.9 Å². The summed E-state index contributed by atoms with van der Waals surface area (Å²) in [5, 5.41) is 12.3. The van der Waals surface area contributed by atoms with Crippen LogP contribution in [0.3, 0.4) is 0 Å². The van der Waals surface area contributed by atoms with E-state index in [-0.39, 0.29) is 23.9 Å². The molecule has 16 nitrogen and oxygen atoms in total. The number of ether oxygens (including phenoxy) is 2. The van der Waals surface area contributed by atoms with Gasteiger partial charge in [-0.15, -0.1) is 0 Å². The summed E-state index contributed by atoms with van der Waals surface area (Å²) < 4.78 is 9.43. The summed E-state index contributed by atoms with van der Waals surface area (Å²) in [6, 6.07) is 14.4. The Morgan fingerprint density at radius 3 is 1.35 bits per heavy atom. The Kier molecular flexibility index (Phi) is 11.6. The number of aromatic nitrogens is 4. The molecular formula is C38H48N10O6. The van der Waals surface area contributed by atoms with E-state index in [0.29, 0.717) is 50.4 Å². The van der Waals surface area contributed by atoms with Crippen molar-refractivity contribution in [2.24, 2.45) is 0 Å². The van der Waals surface area contributed by atoms with Gasteiger partial charge in [-0.3, -0.25) is 19.6 Å². The first-order valence-electron chi connectivity index (χ1n) is 18.1. The SMILES string of the molecule is CC[C@H](NC(=O)OC)C(=O)N1[C@H](c2ncc(-c3ccc(-c4ccc(-c5cnc([C@@H]6CCN(C)N6C(=O)[C@H](CC)NC(=O)OC)[nH]5)cc4)cc3)[nH]2)CCN1C. The minimum atomic E-state index is -0.714. The van der Waals surface area contributed by atoms with E-state index < -0.39 is 24.3 Å². The Balaban J connectivity index is 1.12. The Hall–Kier alpha value is -5.74. The lowest BCUT2D eigenvalue weighted by Crippen LogP contribution is -2.51. The largest absolute Gasteiger partial charge is 0.453 e. The zero-order chi connectivity index (χ0) is 38.5. The molecule has 286 valence electrons. The lowest BCUT2D eigenvalue weighted by molar-refractivity contribution is -0.149. The topological polar surface area (TPSA) is 181 Å². The fourth-order valence-corrected chi connectivity index (χ4v) is 7.09. The van der Waals surface area contributed by atoms with E-state index in [0.717, 1.165) is 33.6 Å². The number of carbonyl (C=O) groups excluding carboxylic acids is 4. The van der Waals surface area contributed by atoms with Gasteiger partial charge in [-0.25, -0.2) is 29.6 Å². The molecule has 0 radical (unpaired) electrons. The molecule has 6 rings (SSSR count). The lowest BCUT2D eigenvalue weighted by Gasteiger charge is -2.32. The lowest BCUT2D eigenvalue weighted by atomic mass is 10.0. The van der Waals surface area contributed by atoms with Crippen molar-refractivity contribution in [2.75, 3.05) is 41.4 Å². The van der Waals surface area contributed by atoms with E-state index in [4.69, 9.17) is 9.47 Å². The molecule has 16 heteroatoms. The maximum absolute atomic E-state index is 13.5. The van der Waals surface area contributed by atoms with E-state index in [9.17, 15) is 19.2 Å². The van der Waals surface area contributed by atoms with E-state index >= 15 is 0 Å². The quantitative estimate of drug-likeness (QED) is 0.169. The summed E-state index contributed by atoms with van der Waals surface area (Å²) >= 11 is 0. The molecule has 4 heterocycles. The number of hydrazine groups is 2. The van der Waals surface area contributed by atoms with Gasteiger partial charge in [0.15, 0.2) is 0 Å². The number of amides is 4. The van der Waals surface area contributed by atoms with Crippen LogP contribution in [0.4, 0.5) is 9.59 Å². The van der Waals surface area contributed by atoms with Crippen molar-refractivity contribution < 1.29 is 28.7 Å². The van der Waals surface area contributed by atoms with Gasteiger partial charge < -0.3 is 30.1 Å². The molecule has 2 aliphatic rings.